The number of benzene rings is 2. The van der Waals surface area contributed by atoms with Gasteiger partial charge in [0, 0.05) is 22.9 Å². The molecule has 0 spiro atoms. The maximum Gasteiger partial charge on any atom is 0.269 e. The first kappa shape index (κ1) is 14.6. The van der Waals surface area contributed by atoms with Gasteiger partial charge >= 0.3 is 0 Å². The topological polar surface area (TPSA) is 78.2 Å². The highest BCUT2D eigenvalue weighted by molar-refractivity contribution is 5.93. The molecule has 3 aromatic rings. The third-order valence-corrected chi connectivity index (χ3v) is 3.41. The van der Waals surface area contributed by atoms with Crippen molar-refractivity contribution in [1.29, 1.82) is 0 Å². The first-order valence-electron chi connectivity index (χ1n) is 6.91. The number of nitro benzene ring substituents is 1. The molecule has 1 heterocycles. The molecule has 0 fully saturated rings. The molecule has 0 amide bonds. The van der Waals surface area contributed by atoms with Gasteiger partial charge in [-0.1, -0.05) is 24.3 Å². The van der Waals surface area contributed by atoms with Gasteiger partial charge in [0.15, 0.2) is 0 Å². The van der Waals surface area contributed by atoms with Crippen molar-refractivity contribution >= 4 is 28.6 Å². The van der Waals surface area contributed by atoms with Crippen LogP contribution in [0.25, 0.3) is 22.9 Å². The lowest BCUT2D eigenvalue weighted by molar-refractivity contribution is -0.384. The molecule has 2 aromatic carbocycles. The average Bonchev–Trinajstić information content (AvgIpc) is 2.60. The minimum absolute atomic E-state index is 0.0665. The van der Waals surface area contributed by atoms with E-state index < -0.39 is 4.92 Å². The van der Waals surface area contributed by atoms with E-state index in [1.54, 1.807) is 19.2 Å². The summed E-state index contributed by atoms with van der Waals surface area (Å²) in [6, 6.07) is 14.0. The van der Waals surface area contributed by atoms with Crippen molar-refractivity contribution in [1.82, 2.24) is 10.2 Å². The molecular formula is C17H13N3O3. The Morgan fingerprint density at radius 2 is 1.70 bits per heavy atom. The fourth-order valence-corrected chi connectivity index (χ4v) is 2.26. The van der Waals surface area contributed by atoms with Crippen molar-refractivity contribution < 1.29 is 9.66 Å². The number of non-ortho nitro benzene ring substituents is 1. The highest BCUT2D eigenvalue weighted by Gasteiger charge is 2.07. The predicted molar refractivity (Wildman–Crippen MR) is 88.1 cm³/mol. The highest BCUT2D eigenvalue weighted by atomic mass is 16.6. The molecule has 6 heteroatoms. The van der Waals surface area contributed by atoms with E-state index in [4.69, 9.17) is 4.74 Å². The number of nitrogens with zero attached hydrogens (tertiary/aromatic N) is 3. The first-order valence-corrected chi connectivity index (χ1v) is 6.91. The van der Waals surface area contributed by atoms with Crippen LogP contribution in [0.2, 0.25) is 0 Å². The number of aromatic nitrogens is 2. The molecule has 0 bridgehead atoms. The van der Waals surface area contributed by atoms with Crippen LogP contribution in [0.15, 0.2) is 48.5 Å². The smallest absolute Gasteiger partial charge is 0.269 e. The summed E-state index contributed by atoms with van der Waals surface area (Å²) >= 11 is 0. The van der Waals surface area contributed by atoms with Crippen molar-refractivity contribution in [2.75, 3.05) is 7.11 Å². The van der Waals surface area contributed by atoms with Crippen LogP contribution in [0.4, 0.5) is 5.69 Å². The number of nitro groups is 1. The summed E-state index contributed by atoms with van der Waals surface area (Å²) in [6.07, 6.45) is 3.67. The van der Waals surface area contributed by atoms with E-state index in [9.17, 15) is 10.1 Å². The van der Waals surface area contributed by atoms with Gasteiger partial charge in [-0.3, -0.25) is 10.1 Å². The van der Waals surface area contributed by atoms with Crippen LogP contribution in [0.5, 0.6) is 5.88 Å². The Bertz CT molecular complexity index is 889. The number of fused-ring (bicyclic) bond motifs is 1. The van der Waals surface area contributed by atoms with Crippen LogP contribution in [0.3, 0.4) is 0 Å². The molecule has 1 aromatic heterocycles. The van der Waals surface area contributed by atoms with Crippen LogP contribution < -0.4 is 4.74 Å². The number of methoxy groups -OCH3 is 1. The molecule has 23 heavy (non-hydrogen) atoms. The summed E-state index contributed by atoms with van der Waals surface area (Å²) in [7, 11) is 1.56. The third kappa shape index (κ3) is 3.01. The summed E-state index contributed by atoms with van der Waals surface area (Å²) in [6.45, 7) is 0. The van der Waals surface area contributed by atoms with Gasteiger partial charge < -0.3 is 4.74 Å². The van der Waals surface area contributed by atoms with Gasteiger partial charge in [0.05, 0.1) is 17.7 Å². The largest absolute Gasteiger partial charge is 0.479 e. The molecule has 0 radical (unpaired) electrons. The SMILES string of the molecule is COc1nnc(/C=C/c2ccc([N+](=O)[O-])cc2)c2ccccc12. The predicted octanol–water partition coefficient (Wildman–Crippen LogP) is 3.72. The number of hydrogen-bond acceptors (Lipinski definition) is 5. The second-order valence-electron chi connectivity index (χ2n) is 4.82. The minimum Gasteiger partial charge on any atom is -0.479 e. The quantitative estimate of drug-likeness (QED) is 0.542. The Kier molecular flexibility index (Phi) is 3.97. The Hall–Kier alpha value is -3.28. The van der Waals surface area contributed by atoms with Gasteiger partial charge in [-0.25, -0.2) is 0 Å². The molecule has 0 saturated carbocycles. The fourth-order valence-electron chi connectivity index (χ4n) is 2.26. The van der Waals surface area contributed by atoms with Crippen LogP contribution in [-0.2, 0) is 0 Å². The van der Waals surface area contributed by atoms with Crippen molar-refractivity contribution in [3.63, 3.8) is 0 Å². The molecule has 3 rings (SSSR count). The van der Waals surface area contributed by atoms with Gasteiger partial charge in [0.25, 0.3) is 5.69 Å². The van der Waals surface area contributed by atoms with Crippen LogP contribution >= 0.6 is 0 Å². The molecule has 0 aliphatic heterocycles. The molecular weight excluding hydrogens is 294 g/mol. The molecule has 114 valence electrons. The zero-order valence-corrected chi connectivity index (χ0v) is 12.3. The third-order valence-electron chi connectivity index (χ3n) is 3.41. The molecule has 0 N–H and O–H groups in total. The standard InChI is InChI=1S/C17H13N3O3/c1-23-17-15-5-3-2-4-14(15)16(18-19-17)11-8-12-6-9-13(10-7-12)20(21)22/h2-11H,1H3/b11-8+. The van der Waals surface area contributed by atoms with E-state index in [0.29, 0.717) is 11.6 Å². The Balaban J connectivity index is 1.96. The zero-order chi connectivity index (χ0) is 16.2. The van der Waals surface area contributed by atoms with Crippen molar-refractivity contribution in [3.8, 4) is 5.88 Å². The number of hydrogen-bond donors (Lipinski definition) is 0. The van der Waals surface area contributed by atoms with Crippen molar-refractivity contribution in [2.24, 2.45) is 0 Å². The van der Waals surface area contributed by atoms with Crippen LogP contribution in [0, 0.1) is 10.1 Å². The maximum absolute atomic E-state index is 10.7. The lowest BCUT2D eigenvalue weighted by Crippen LogP contribution is -1.95. The number of rotatable bonds is 4. The van der Waals surface area contributed by atoms with Gasteiger partial charge in [-0.15, -0.1) is 10.2 Å². The monoisotopic (exact) mass is 307 g/mol. The molecule has 0 aliphatic carbocycles. The van der Waals surface area contributed by atoms with E-state index in [1.165, 1.54) is 12.1 Å². The normalized spacial score (nSPS) is 11.0. The van der Waals surface area contributed by atoms with Crippen LogP contribution in [-0.4, -0.2) is 22.2 Å². The van der Waals surface area contributed by atoms with Crippen LogP contribution in [0.1, 0.15) is 11.3 Å². The summed E-state index contributed by atoms with van der Waals surface area (Å²) < 4.78 is 5.22. The lowest BCUT2D eigenvalue weighted by atomic mass is 10.1. The maximum atomic E-state index is 10.7. The second-order valence-corrected chi connectivity index (χ2v) is 4.82. The second kappa shape index (κ2) is 6.23. The van der Waals surface area contributed by atoms with Gasteiger partial charge in [-0.2, -0.15) is 0 Å². The Morgan fingerprint density at radius 1 is 1.00 bits per heavy atom. The summed E-state index contributed by atoms with van der Waals surface area (Å²) in [5.74, 6) is 0.480. The van der Waals surface area contributed by atoms with Crippen molar-refractivity contribution in [3.05, 3.63) is 69.9 Å². The van der Waals surface area contributed by atoms with Gasteiger partial charge in [0.1, 0.15) is 0 Å². The minimum atomic E-state index is -0.421. The highest BCUT2D eigenvalue weighted by Crippen LogP contribution is 2.25. The molecule has 6 nitrogen and oxygen atoms in total. The first-order chi connectivity index (χ1) is 11.2. The Labute approximate surface area is 132 Å². The molecule has 0 aliphatic rings. The average molecular weight is 307 g/mol. The van der Waals surface area contributed by atoms with E-state index in [1.807, 2.05) is 36.4 Å². The van der Waals surface area contributed by atoms with E-state index in [-0.39, 0.29) is 5.69 Å². The van der Waals surface area contributed by atoms with Gasteiger partial charge in [-0.05, 0) is 29.8 Å². The fraction of sp³-hybridized carbons (Fsp3) is 0.0588. The lowest BCUT2D eigenvalue weighted by Gasteiger charge is -2.05. The molecule has 0 unspecified atom stereocenters. The summed E-state index contributed by atoms with van der Waals surface area (Å²) in [4.78, 5) is 10.2. The zero-order valence-electron chi connectivity index (χ0n) is 12.3. The Morgan fingerprint density at radius 3 is 2.35 bits per heavy atom. The molecule has 0 atom stereocenters. The van der Waals surface area contributed by atoms with E-state index >= 15 is 0 Å². The number of ether oxygens (including phenoxy) is 1. The molecule has 0 saturated heterocycles. The van der Waals surface area contributed by atoms with E-state index in [2.05, 4.69) is 10.2 Å². The summed E-state index contributed by atoms with van der Waals surface area (Å²) in [5, 5.41) is 20.7. The summed E-state index contributed by atoms with van der Waals surface area (Å²) in [5.41, 5.74) is 1.62. The van der Waals surface area contributed by atoms with Gasteiger partial charge in [0.2, 0.25) is 5.88 Å². The van der Waals surface area contributed by atoms with E-state index in [0.717, 1.165) is 16.3 Å². The van der Waals surface area contributed by atoms with Crippen molar-refractivity contribution in [2.45, 2.75) is 0 Å².